The predicted molar refractivity (Wildman–Crippen MR) is 72.6 cm³/mol. The van der Waals surface area contributed by atoms with Gasteiger partial charge in [-0.2, -0.15) is 0 Å². The second-order valence-electron chi connectivity index (χ2n) is 3.47. The molecule has 0 saturated heterocycles. The van der Waals surface area contributed by atoms with Crippen LogP contribution in [0.4, 0.5) is 0 Å². The predicted octanol–water partition coefficient (Wildman–Crippen LogP) is 4.20. The smallest absolute Gasteiger partial charge is 0.176 e. The van der Waals surface area contributed by atoms with Crippen molar-refractivity contribution in [3.05, 3.63) is 28.2 Å². The Morgan fingerprint density at radius 2 is 2.19 bits per heavy atom. The molecular weight excluding hydrogens is 336 g/mol. The maximum Gasteiger partial charge on any atom is 0.176 e. The first kappa shape index (κ1) is 13.7. The number of carbonyl (C=O) groups is 1. The largest absolute Gasteiger partial charge is 0.492 e. The minimum absolute atomic E-state index is 0.0720. The molecule has 1 unspecified atom stereocenters. The van der Waals surface area contributed by atoms with Crippen molar-refractivity contribution in [2.45, 2.75) is 25.1 Å². The van der Waals surface area contributed by atoms with Crippen LogP contribution < -0.4 is 4.74 Å². The first-order valence-electron chi connectivity index (χ1n) is 5.17. The van der Waals surface area contributed by atoms with Crippen molar-refractivity contribution in [2.24, 2.45) is 0 Å². The summed E-state index contributed by atoms with van der Waals surface area (Å²) in [7, 11) is 0. The van der Waals surface area contributed by atoms with Crippen LogP contribution in [0.3, 0.4) is 0 Å². The van der Waals surface area contributed by atoms with Gasteiger partial charge in [-0.05, 0) is 47.5 Å². The molecule has 1 atom stereocenters. The van der Waals surface area contributed by atoms with Gasteiger partial charge < -0.3 is 4.74 Å². The molecule has 0 spiro atoms. The maximum atomic E-state index is 11.7. The molecule has 0 aliphatic carbocycles. The van der Waals surface area contributed by atoms with E-state index in [0.29, 0.717) is 12.2 Å². The van der Waals surface area contributed by atoms with Crippen molar-refractivity contribution < 1.29 is 9.53 Å². The Labute approximate surface area is 113 Å². The Morgan fingerprint density at radius 1 is 1.50 bits per heavy atom. The van der Waals surface area contributed by atoms with E-state index in [1.54, 1.807) is 12.1 Å². The zero-order valence-electron chi connectivity index (χ0n) is 9.30. The minimum Gasteiger partial charge on any atom is -0.492 e. The average molecular weight is 350 g/mol. The number of benzene rings is 1. The topological polar surface area (TPSA) is 26.3 Å². The first-order chi connectivity index (χ1) is 7.56. The Morgan fingerprint density at radius 3 is 2.69 bits per heavy atom. The van der Waals surface area contributed by atoms with Gasteiger partial charge in [0.2, 0.25) is 0 Å². The van der Waals surface area contributed by atoms with Crippen LogP contribution in [0, 0.1) is 0 Å². The molecular formula is C12H14Br2O2. The van der Waals surface area contributed by atoms with E-state index in [-0.39, 0.29) is 10.6 Å². The summed E-state index contributed by atoms with van der Waals surface area (Å²) >= 11 is 6.67. The lowest BCUT2D eigenvalue weighted by Crippen LogP contribution is -2.10. The van der Waals surface area contributed by atoms with Gasteiger partial charge in [0, 0.05) is 5.56 Å². The molecule has 1 aromatic rings. The van der Waals surface area contributed by atoms with Gasteiger partial charge in [-0.25, -0.2) is 0 Å². The molecule has 0 fully saturated rings. The van der Waals surface area contributed by atoms with Gasteiger partial charge in [0.05, 0.1) is 15.9 Å². The number of ketones is 1. The van der Waals surface area contributed by atoms with E-state index in [4.69, 9.17) is 4.74 Å². The molecule has 0 N–H and O–H groups in total. The summed E-state index contributed by atoms with van der Waals surface area (Å²) in [5.41, 5.74) is 0.681. The monoisotopic (exact) mass is 348 g/mol. The number of ether oxygens (including phenoxy) is 1. The normalized spacial score (nSPS) is 12.2. The summed E-state index contributed by atoms with van der Waals surface area (Å²) in [6.07, 6.45) is 0.964. The fourth-order valence-corrected chi connectivity index (χ4v) is 1.97. The molecule has 16 heavy (non-hydrogen) atoms. The van der Waals surface area contributed by atoms with Crippen LogP contribution in [0.25, 0.3) is 0 Å². The quantitative estimate of drug-likeness (QED) is 0.588. The lowest BCUT2D eigenvalue weighted by atomic mass is 10.1. The van der Waals surface area contributed by atoms with Crippen molar-refractivity contribution in [3.8, 4) is 5.75 Å². The van der Waals surface area contributed by atoms with E-state index in [0.717, 1.165) is 16.6 Å². The third kappa shape index (κ3) is 3.59. The van der Waals surface area contributed by atoms with E-state index in [2.05, 4.69) is 38.8 Å². The Balaban J connectivity index is 2.86. The molecule has 1 rings (SSSR count). The van der Waals surface area contributed by atoms with E-state index in [1.807, 2.05) is 13.0 Å². The number of hydrogen-bond donors (Lipinski definition) is 0. The van der Waals surface area contributed by atoms with E-state index < -0.39 is 0 Å². The van der Waals surface area contributed by atoms with E-state index >= 15 is 0 Å². The molecule has 0 bridgehead atoms. The van der Waals surface area contributed by atoms with Gasteiger partial charge in [-0.3, -0.25) is 4.79 Å². The molecule has 0 saturated carbocycles. The number of Topliss-reactive ketones (excluding diaryl/α,β-unsaturated/α-hetero) is 1. The zero-order chi connectivity index (χ0) is 12.1. The second-order valence-corrected chi connectivity index (χ2v) is 5.70. The average Bonchev–Trinajstić information content (AvgIpc) is 2.26. The van der Waals surface area contributed by atoms with Crippen molar-refractivity contribution in [2.75, 3.05) is 6.61 Å². The summed E-state index contributed by atoms with van der Waals surface area (Å²) in [6, 6.07) is 5.41. The van der Waals surface area contributed by atoms with Gasteiger partial charge in [0.15, 0.2) is 5.78 Å². The summed E-state index contributed by atoms with van der Waals surface area (Å²) in [6.45, 7) is 4.55. The van der Waals surface area contributed by atoms with Crippen LogP contribution >= 0.6 is 31.9 Å². The Kier molecular flexibility index (Phi) is 5.49. The lowest BCUT2D eigenvalue weighted by molar-refractivity contribution is 0.0995. The summed E-state index contributed by atoms with van der Waals surface area (Å²) in [5.74, 6) is 0.850. The van der Waals surface area contributed by atoms with Crippen molar-refractivity contribution in [3.63, 3.8) is 0 Å². The van der Waals surface area contributed by atoms with Gasteiger partial charge in [-0.15, -0.1) is 0 Å². The first-order valence-corrected chi connectivity index (χ1v) is 6.87. The van der Waals surface area contributed by atoms with Crippen molar-refractivity contribution >= 4 is 37.6 Å². The molecule has 0 radical (unpaired) electrons. The lowest BCUT2D eigenvalue weighted by Gasteiger charge is -2.09. The highest BCUT2D eigenvalue weighted by Gasteiger charge is 2.13. The fourth-order valence-electron chi connectivity index (χ4n) is 1.21. The molecule has 0 amide bonds. The van der Waals surface area contributed by atoms with Crippen molar-refractivity contribution in [1.29, 1.82) is 0 Å². The Hall–Kier alpha value is -0.350. The summed E-state index contributed by atoms with van der Waals surface area (Å²) in [5, 5.41) is 0. The maximum absolute atomic E-state index is 11.7. The molecule has 0 heterocycles. The highest BCUT2D eigenvalue weighted by molar-refractivity contribution is 9.10. The highest BCUT2D eigenvalue weighted by atomic mass is 79.9. The Bertz CT molecular complexity index is 375. The minimum atomic E-state index is -0.165. The van der Waals surface area contributed by atoms with Gasteiger partial charge >= 0.3 is 0 Å². The number of hydrogen-bond acceptors (Lipinski definition) is 2. The molecule has 0 aliphatic rings. The molecule has 4 heteroatoms. The van der Waals surface area contributed by atoms with Gasteiger partial charge in [0.1, 0.15) is 5.75 Å². The van der Waals surface area contributed by atoms with Crippen LogP contribution in [0.1, 0.15) is 30.6 Å². The zero-order valence-corrected chi connectivity index (χ0v) is 12.5. The SMILES string of the molecule is CCCOc1ccc(C(=O)C(C)Br)cc1Br. The second kappa shape index (κ2) is 6.40. The van der Waals surface area contributed by atoms with Crippen LogP contribution in [0.5, 0.6) is 5.75 Å². The van der Waals surface area contributed by atoms with Crippen LogP contribution in [0.2, 0.25) is 0 Å². The summed E-state index contributed by atoms with van der Waals surface area (Å²) in [4.78, 5) is 11.5. The standard InChI is InChI=1S/C12H14Br2O2/c1-3-6-16-11-5-4-9(7-10(11)14)12(15)8(2)13/h4-5,7-8H,3,6H2,1-2H3. The van der Waals surface area contributed by atoms with Crippen molar-refractivity contribution in [1.82, 2.24) is 0 Å². The molecule has 0 aliphatic heterocycles. The number of halogens is 2. The van der Waals surface area contributed by atoms with E-state index in [9.17, 15) is 4.79 Å². The highest BCUT2D eigenvalue weighted by Crippen LogP contribution is 2.27. The summed E-state index contributed by atoms with van der Waals surface area (Å²) < 4.78 is 6.33. The molecule has 2 nitrogen and oxygen atoms in total. The van der Waals surface area contributed by atoms with Gasteiger partial charge in [0.25, 0.3) is 0 Å². The molecule has 0 aromatic heterocycles. The number of carbonyl (C=O) groups excluding carboxylic acids is 1. The van der Waals surface area contributed by atoms with Crippen LogP contribution in [-0.4, -0.2) is 17.2 Å². The van der Waals surface area contributed by atoms with Gasteiger partial charge in [-0.1, -0.05) is 22.9 Å². The molecule has 1 aromatic carbocycles. The third-order valence-electron chi connectivity index (χ3n) is 2.04. The fraction of sp³-hybridized carbons (Fsp3) is 0.417. The van der Waals surface area contributed by atoms with Crippen LogP contribution in [-0.2, 0) is 0 Å². The van der Waals surface area contributed by atoms with Crippen LogP contribution in [0.15, 0.2) is 22.7 Å². The number of rotatable bonds is 5. The molecule has 88 valence electrons. The van der Waals surface area contributed by atoms with E-state index in [1.165, 1.54) is 0 Å². The third-order valence-corrected chi connectivity index (χ3v) is 3.07. The number of alkyl halides is 1.